The van der Waals surface area contributed by atoms with E-state index in [1.165, 1.54) is 4.88 Å². The number of hydrogen-bond donors (Lipinski definition) is 0. The van der Waals surface area contributed by atoms with Crippen molar-refractivity contribution in [2.24, 2.45) is 0 Å². The molecule has 0 radical (unpaired) electrons. The zero-order valence-corrected chi connectivity index (χ0v) is 22.8. The minimum Gasteiger partial charge on any atom is -0.385 e. The van der Waals surface area contributed by atoms with E-state index in [0.717, 1.165) is 21.6 Å². The molecule has 196 valence electrons. The number of carbonyl (C=O) groups excluding carboxylic acids is 2. The van der Waals surface area contributed by atoms with Crippen LogP contribution in [-0.4, -0.2) is 48.4 Å². The van der Waals surface area contributed by atoms with Gasteiger partial charge in [0.2, 0.25) is 5.91 Å². The molecule has 0 fully saturated rings. The highest BCUT2D eigenvalue weighted by atomic mass is 32.1. The van der Waals surface area contributed by atoms with Crippen molar-refractivity contribution < 1.29 is 14.3 Å². The van der Waals surface area contributed by atoms with Crippen LogP contribution in [0.2, 0.25) is 0 Å². The Morgan fingerprint density at radius 2 is 1.42 bits per heavy atom. The largest absolute Gasteiger partial charge is 0.385 e. The van der Waals surface area contributed by atoms with E-state index in [4.69, 9.17) is 4.74 Å². The van der Waals surface area contributed by atoms with Crippen LogP contribution < -0.4 is 0 Å². The van der Waals surface area contributed by atoms with Crippen molar-refractivity contribution in [1.29, 1.82) is 0 Å². The summed E-state index contributed by atoms with van der Waals surface area (Å²) in [5, 5.41) is 0. The smallest absolute Gasteiger partial charge is 0.254 e. The van der Waals surface area contributed by atoms with Gasteiger partial charge in [0.25, 0.3) is 5.91 Å². The summed E-state index contributed by atoms with van der Waals surface area (Å²) in [4.78, 5) is 33.1. The van der Waals surface area contributed by atoms with Crippen LogP contribution in [0.3, 0.4) is 0 Å². The van der Waals surface area contributed by atoms with Crippen LogP contribution in [0, 0.1) is 6.92 Å². The maximum absolute atomic E-state index is 13.7. The highest BCUT2D eigenvalue weighted by molar-refractivity contribution is 7.11. The summed E-state index contributed by atoms with van der Waals surface area (Å²) in [5.74, 6) is -0.229. The third-order valence-electron chi connectivity index (χ3n) is 6.34. The number of aryl methyl sites for hydroxylation is 1. The van der Waals surface area contributed by atoms with Crippen LogP contribution in [0.5, 0.6) is 0 Å². The zero-order chi connectivity index (χ0) is 26.7. The monoisotopic (exact) mass is 526 g/mol. The summed E-state index contributed by atoms with van der Waals surface area (Å²) >= 11 is 1.69. The molecule has 0 aliphatic heterocycles. The minimum atomic E-state index is -0.152. The van der Waals surface area contributed by atoms with E-state index in [1.54, 1.807) is 23.3 Å². The molecule has 0 spiro atoms. The van der Waals surface area contributed by atoms with Gasteiger partial charge in [-0.15, -0.1) is 11.3 Å². The molecule has 0 saturated carbocycles. The second-order valence-electron chi connectivity index (χ2n) is 9.26. The third-order valence-corrected chi connectivity index (χ3v) is 7.33. The van der Waals surface area contributed by atoms with Gasteiger partial charge in [0, 0.05) is 42.1 Å². The van der Waals surface area contributed by atoms with E-state index >= 15 is 0 Å². The molecule has 0 bridgehead atoms. The maximum Gasteiger partial charge on any atom is 0.254 e. The minimum absolute atomic E-state index is 0.0141. The first kappa shape index (κ1) is 27.3. The highest BCUT2D eigenvalue weighted by Gasteiger charge is 2.23. The number of thiophene rings is 1. The van der Waals surface area contributed by atoms with Crippen LogP contribution in [0.15, 0.2) is 97.1 Å². The SMILES string of the molecule is COCCCN(CC(=O)N(Cc1ccccc1)Cc1ccc(C)s1)C(=O)c1ccc(-c2ccccc2)cc1. The van der Waals surface area contributed by atoms with Crippen LogP contribution in [-0.2, 0) is 22.6 Å². The summed E-state index contributed by atoms with van der Waals surface area (Å²) in [5.41, 5.74) is 3.77. The van der Waals surface area contributed by atoms with E-state index in [9.17, 15) is 9.59 Å². The maximum atomic E-state index is 13.7. The third kappa shape index (κ3) is 7.63. The molecular formula is C32H34N2O3S. The van der Waals surface area contributed by atoms with Crippen molar-refractivity contribution in [3.05, 3.63) is 118 Å². The lowest BCUT2D eigenvalue weighted by molar-refractivity contribution is -0.133. The van der Waals surface area contributed by atoms with Gasteiger partial charge < -0.3 is 14.5 Å². The van der Waals surface area contributed by atoms with Gasteiger partial charge in [-0.3, -0.25) is 9.59 Å². The number of amides is 2. The molecular weight excluding hydrogens is 492 g/mol. The topological polar surface area (TPSA) is 49.9 Å². The Morgan fingerprint density at radius 1 is 0.763 bits per heavy atom. The predicted octanol–water partition coefficient (Wildman–Crippen LogP) is 6.43. The molecule has 4 aromatic rings. The fourth-order valence-corrected chi connectivity index (χ4v) is 5.23. The van der Waals surface area contributed by atoms with Crippen LogP contribution in [0.1, 0.15) is 32.1 Å². The van der Waals surface area contributed by atoms with Gasteiger partial charge in [-0.25, -0.2) is 0 Å². The summed E-state index contributed by atoms with van der Waals surface area (Å²) in [7, 11) is 1.64. The predicted molar refractivity (Wildman–Crippen MR) is 154 cm³/mol. The van der Waals surface area contributed by atoms with Gasteiger partial charge in [-0.2, -0.15) is 0 Å². The Balaban J connectivity index is 1.52. The standard InChI is InChI=1S/C32H34N2O3S/c1-25-14-19-30(38-25)23-34(22-26-10-5-3-6-11-26)31(35)24-33(20-9-21-37-2)32(36)29-17-15-28(16-18-29)27-12-7-4-8-13-27/h3-8,10-19H,9,20-24H2,1-2H3. The number of benzene rings is 3. The molecule has 2 amide bonds. The van der Waals surface area contributed by atoms with Crippen LogP contribution in [0.4, 0.5) is 0 Å². The van der Waals surface area contributed by atoms with Crippen molar-refractivity contribution in [2.75, 3.05) is 26.8 Å². The van der Waals surface area contributed by atoms with Crippen molar-refractivity contribution in [2.45, 2.75) is 26.4 Å². The number of methoxy groups -OCH3 is 1. The normalized spacial score (nSPS) is 10.8. The molecule has 3 aromatic carbocycles. The number of ether oxygens (including phenoxy) is 1. The van der Waals surface area contributed by atoms with Gasteiger partial charge in [-0.1, -0.05) is 72.8 Å². The molecule has 0 aliphatic carbocycles. The molecule has 38 heavy (non-hydrogen) atoms. The van der Waals surface area contributed by atoms with Crippen molar-refractivity contribution in [3.8, 4) is 11.1 Å². The number of rotatable bonds is 12. The number of hydrogen-bond acceptors (Lipinski definition) is 4. The van der Waals surface area contributed by atoms with Crippen molar-refractivity contribution in [1.82, 2.24) is 9.80 Å². The Kier molecular flexibility index (Phi) is 9.84. The molecule has 1 heterocycles. The van der Waals surface area contributed by atoms with Crippen molar-refractivity contribution in [3.63, 3.8) is 0 Å². The summed E-state index contributed by atoms with van der Waals surface area (Å²) in [6.07, 6.45) is 0.653. The molecule has 0 unspecified atom stereocenters. The lowest BCUT2D eigenvalue weighted by atomic mass is 10.0. The second kappa shape index (κ2) is 13.7. The van der Waals surface area contributed by atoms with Gasteiger partial charge >= 0.3 is 0 Å². The molecule has 0 saturated heterocycles. The average molecular weight is 527 g/mol. The van der Waals surface area contributed by atoms with Crippen LogP contribution >= 0.6 is 11.3 Å². The summed E-state index contributed by atoms with van der Waals surface area (Å²) < 4.78 is 5.22. The highest BCUT2D eigenvalue weighted by Crippen LogP contribution is 2.21. The van der Waals surface area contributed by atoms with E-state index < -0.39 is 0 Å². The first-order valence-electron chi connectivity index (χ1n) is 12.8. The van der Waals surface area contributed by atoms with E-state index in [-0.39, 0.29) is 18.4 Å². The Hall–Kier alpha value is -3.74. The fraction of sp³-hybridized carbons (Fsp3) is 0.250. The molecule has 0 atom stereocenters. The van der Waals surface area contributed by atoms with E-state index in [0.29, 0.717) is 38.2 Å². The molecule has 5 nitrogen and oxygen atoms in total. The molecule has 0 N–H and O–H groups in total. The Bertz CT molecular complexity index is 1300. The lowest BCUT2D eigenvalue weighted by Gasteiger charge is -2.28. The van der Waals surface area contributed by atoms with E-state index in [1.807, 2.05) is 89.8 Å². The first-order valence-corrected chi connectivity index (χ1v) is 13.7. The van der Waals surface area contributed by atoms with Gasteiger partial charge in [0.05, 0.1) is 6.54 Å². The van der Waals surface area contributed by atoms with Crippen molar-refractivity contribution >= 4 is 23.2 Å². The van der Waals surface area contributed by atoms with E-state index in [2.05, 4.69) is 19.1 Å². The van der Waals surface area contributed by atoms with Gasteiger partial charge in [0.15, 0.2) is 0 Å². The Morgan fingerprint density at radius 3 is 2.05 bits per heavy atom. The van der Waals surface area contributed by atoms with Gasteiger partial charge in [0.1, 0.15) is 6.54 Å². The Labute approximate surface area is 229 Å². The van der Waals surface area contributed by atoms with Gasteiger partial charge in [-0.05, 0) is 54.3 Å². The fourth-order valence-electron chi connectivity index (χ4n) is 4.33. The number of carbonyl (C=O) groups is 2. The molecule has 0 aliphatic rings. The molecule has 4 rings (SSSR count). The second-order valence-corrected chi connectivity index (χ2v) is 10.6. The quantitative estimate of drug-likeness (QED) is 0.200. The number of nitrogens with zero attached hydrogens (tertiary/aromatic N) is 2. The zero-order valence-electron chi connectivity index (χ0n) is 22.0. The molecule has 6 heteroatoms. The van der Waals surface area contributed by atoms with Crippen LogP contribution in [0.25, 0.3) is 11.1 Å². The first-order chi connectivity index (χ1) is 18.5. The lowest BCUT2D eigenvalue weighted by Crippen LogP contribution is -2.43. The molecule has 1 aromatic heterocycles. The summed E-state index contributed by atoms with van der Waals surface area (Å²) in [6, 6.07) is 31.8. The summed E-state index contributed by atoms with van der Waals surface area (Å²) in [6.45, 7) is 4.04. The average Bonchev–Trinajstić information content (AvgIpc) is 3.37.